The Morgan fingerprint density at radius 2 is 1.61 bits per heavy atom. The van der Waals surface area contributed by atoms with Gasteiger partial charge in [0.05, 0.1) is 0 Å². The third-order valence-corrected chi connectivity index (χ3v) is 3.11. The second-order valence-electron chi connectivity index (χ2n) is 4.83. The molecule has 0 aliphatic carbocycles. The maximum atomic E-state index is 4.57. The number of hydrogen-bond acceptors (Lipinski definition) is 3. The molecule has 0 aliphatic heterocycles. The number of nitrogens with zero attached hydrogens (tertiary/aromatic N) is 3. The van der Waals surface area contributed by atoms with Gasteiger partial charge in [0, 0.05) is 56.3 Å². The molecule has 0 saturated carbocycles. The molecule has 2 rings (SSSR count). The van der Waals surface area contributed by atoms with Crippen LogP contribution in [0.1, 0.15) is 18.3 Å². The fourth-order valence-electron chi connectivity index (χ4n) is 2.02. The van der Waals surface area contributed by atoms with E-state index in [2.05, 4.69) is 32.5 Å². The summed E-state index contributed by atoms with van der Waals surface area (Å²) in [4.78, 5) is 13.2. The third kappa shape index (κ3) is 7.92. The predicted octanol–water partition coefficient (Wildman–Crippen LogP) is 2.43. The lowest BCUT2D eigenvalue weighted by atomic mass is 10.3. The fourth-order valence-corrected chi connectivity index (χ4v) is 2.02. The van der Waals surface area contributed by atoms with Crippen molar-refractivity contribution in [3.63, 3.8) is 0 Å². The quantitative estimate of drug-likeness (QED) is 0.407. The molecule has 0 atom stereocenters. The van der Waals surface area contributed by atoms with Gasteiger partial charge < -0.3 is 10.6 Å². The second-order valence-corrected chi connectivity index (χ2v) is 4.83. The van der Waals surface area contributed by atoms with Crippen LogP contribution < -0.4 is 10.6 Å². The minimum absolute atomic E-state index is 0. The number of hydrogen-bond donors (Lipinski definition) is 2. The summed E-state index contributed by atoms with van der Waals surface area (Å²) in [5.41, 5.74) is 2.15. The van der Waals surface area contributed by atoms with Crippen molar-refractivity contribution in [2.24, 2.45) is 4.99 Å². The van der Waals surface area contributed by atoms with E-state index in [1.807, 2.05) is 48.8 Å². The van der Waals surface area contributed by atoms with Crippen LogP contribution in [0, 0.1) is 0 Å². The van der Waals surface area contributed by atoms with Crippen LogP contribution in [-0.2, 0) is 12.8 Å². The van der Waals surface area contributed by atoms with Crippen molar-refractivity contribution in [3.05, 3.63) is 60.2 Å². The number of halogens is 1. The largest absolute Gasteiger partial charge is 0.357 e. The monoisotopic (exact) mass is 425 g/mol. The number of pyridine rings is 2. The molecule has 5 nitrogen and oxygen atoms in total. The van der Waals surface area contributed by atoms with Gasteiger partial charge in [0.1, 0.15) is 0 Å². The van der Waals surface area contributed by atoms with Gasteiger partial charge in [0.15, 0.2) is 5.96 Å². The molecule has 2 heterocycles. The molecule has 0 saturated heterocycles. The van der Waals surface area contributed by atoms with E-state index >= 15 is 0 Å². The smallest absolute Gasteiger partial charge is 0.191 e. The van der Waals surface area contributed by atoms with Gasteiger partial charge in [-0.1, -0.05) is 12.1 Å². The van der Waals surface area contributed by atoms with Gasteiger partial charge in [0.25, 0.3) is 0 Å². The Morgan fingerprint density at radius 1 is 0.957 bits per heavy atom. The Bertz CT molecular complexity index is 560. The van der Waals surface area contributed by atoms with Crippen molar-refractivity contribution >= 4 is 29.9 Å². The van der Waals surface area contributed by atoms with Crippen LogP contribution in [0.5, 0.6) is 0 Å². The van der Waals surface area contributed by atoms with Crippen molar-refractivity contribution in [3.8, 4) is 0 Å². The highest BCUT2D eigenvalue weighted by Gasteiger charge is 1.98. The van der Waals surface area contributed by atoms with Crippen molar-refractivity contribution in [2.45, 2.75) is 19.8 Å². The minimum atomic E-state index is 0. The molecule has 0 aliphatic rings. The van der Waals surface area contributed by atoms with E-state index in [1.165, 1.54) is 0 Å². The number of rotatable bonds is 7. The van der Waals surface area contributed by atoms with Crippen LogP contribution in [0.25, 0.3) is 0 Å². The summed E-state index contributed by atoms with van der Waals surface area (Å²) in [6.07, 6.45) is 5.36. The SMILES string of the molecule is CCNC(=NCCc1ccccn1)NCCc1ccccn1.I. The first-order valence-electron chi connectivity index (χ1n) is 7.70. The normalized spacial score (nSPS) is 10.7. The number of guanidine groups is 1. The molecule has 6 heteroatoms. The standard InChI is InChI=1S/C17H23N5.HI/c1-2-18-17(21-13-9-15-7-3-5-11-19-15)22-14-10-16-8-4-6-12-20-16;/h3-8,11-12H,2,9-10,13-14H2,1H3,(H2,18,21,22);1H. The summed E-state index contributed by atoms with van der Waals surface area (Å²) in [7, 11) is 0. The van der Waals surface area contributed by atoms with Crippen molar-refractivity contribution in [1.82, 2.24) is 20.6 Å². The van der Waals surface area contributed by atoms with Gasteiger partial charge in [-0.05, 0) is 31.2 Å². The Hall–Kier alpha value is -1.70. The average molecular weight is 425 g/mol. The van der Waals surface area contributed by atoms with Gasteiger partial charge in [-0.15, -0.1) is 24.0 Å². The van der Waals surface area contributed by atoms with Crippen LogP contribution >= 0.6 is 24.0 Å². The van der Waals surface area contributed by atoms with E-state index in [0.29, 0.717) is 0 Å². The highest BCUT2D eigenvalue weighted by Crippen LogP contribution is 1.95. The first-order valence-corrected chi connectivity index (χ1v) is 7.70. The molecular weight excluding hydrogens is 401 g/mol. The molecule has 2 N–H and O–H groups in total. The molecule has 0 bridgehead atoms. The van der Waals surface area contributed by atoms with Crippen LogP contribution in [0.15, 0.2) is 53.8 Å². The molecule has 0 unspecified atom stereocenters. The summed E-state index contributed by atoms with van der Waals surface area (Å²) >= 11 is 0. The molecule has 0 spiro atoms. The summed E-state index contributed by atoms with van der Waals surface area (Å²) in [6, 6.07) is 11.9. The summed E-state index contributed by atoms with van der Waals surface area (Å²) < 4.78 is 0. The van der Waals surface area contributed by atoms with E-state index in [-0.39, 0.29) is 24.0 Å². The van der Waals surface area contributed by atoms with E-state index in [4.69, 9.17) is 0 Å². The Labute approximate surface area is 155 Å². The summed E-state index contributed by atoms with van der Waals surface area (Å²) in [5.74, 6) is 0.842. The van der Waals surface area contributed by atoms with Gasteiger partial charge >= 0.3 is 0 Å². The number of nitrogens with one attached hydrogen (secondary N) is 2. The van der Waals surface area contributed by atoms with Gasteiger partial charge in [-0.3, -0.25) is 15.0 Å². The Balaban J connectivity index is 0.00000264. The lowest BCUT2D eigenvalue weighted by Crippen LogP contribution is -2.38. The molecular formula is C17H24IN5. The number of aromatic nitrogens is 2. The fraction of sp³-hybridized carbons (Fsp3) is 0.353. The van der Waals surface area contributed by atoms with Crippen molar-refractivity contribution in [2.75, 3.05) is 19.6 Å². The van der Waals surface area contributed by atoms with E-state index in [0.717, 1.165) is 49.8 Å². The third-order valence-electron chi connectivity index (χ3n) is 3.11. The van der Waals surface area contributed by atoms with Crippen molar-refractivity contribution in [1.29, 1.82) is 0 Å². The summed E-state index contributed by atoms with van der Waals surface area (Å²) in [6.45, 7) is 4.44. The molecule has 23 heavy (non-hydrogen) atoms. The molecule has 0 aromatic carbocycles. The molecule has 2 aromatic rings. The van der Waals surface area contributed by atoms with Gasteiger partial charge in [-0.25, -0.2) is 0 Å². The molecule has 2 aromatic heterocycles. The van der Waals surface area contributed by atoms with Crippen LogP contribution in [-0.4, -0.2) is 35.6 Å². The lowest BCUT2D eigenvalue weighted by Gasteiger charge is -2.11. The highest BCUT2D eigenvalue weighted by atomic mass is 127. The van der Waals surface area contributed by atoms with Crippen LogP contribution in [0.3, 0.4) is 0 Å². The van der Waals surface area contributed by atoms with E-state index in [9.17, 15) is 0 Å². The van der Waals surface area contributed by atoms with Crippen LogP contribution in [0.2, 0.25) is 0 Å². The topological polar surface area (TPSA) is 62.2 Å². The molecule has 0 radical (unpaired) electrons. The minimum Gasteiger partial charge on any atom is -0.357 e. The first kappa shape index (κ1) is 19.3. The van der Waals surface area contributed by atoms with E-state index < -0.39 is 0 Å². The zero-order valence-corrected chi connectivity index (χ0v) is 15.7. The van der Waals surface area contributed by atoms with Gasteiger partial charge in [-0.2, -0.15) is 0 Å². The zero-order chi connectivity index (χ0) is 15.5. The van der Waals surface area contributed by atoms with E-state index in [1.54, 1.807) is 0 Å². The Morgan fingerprint density at radius 3 is 2.17 bits per heavy atom. The summed E-state index contributed by atoms with van der Waals surface area (Å²) in [5, 5.41) is 6.59. The second kappa shape index (κ2) is 11.8. The Kier molecular flexibility index (Phi) is 9.94. The average Bonchev–Trinajstić information content (AvgIpc) is 2.57. The predicted molar refractivity (Wildman–Crippen MR) is 105 cm³/mol. The molecule has 0 amide bonds. The zero-order valence-electron chi connectivity index (χ0n) is 13.4. The first-order chi connectivity index (χ1) is 10.9. The lowest BCUT2D eigenvalue weighted by molar-refractivity contribution is 0.784. The van der Waals surface area contributed by atoms with Crippen molar-refractivity contribution < 1.29 is 0 Å². The maximum Gasteiger partial charge on any atom is 0.191 e. The highest BCUT2D eigenvalue weighted by molar-refractivity contribution is 14.0. The van der Waals surface area contributed by atoms with Crippen LogP contribution in [0.4, 0.5) is 0 Å². The maximum absolute atomic E-state index is 4.57. The molecule has 124 valence electrons. The number of aliphatic imine (C=N–C) groups is 1. The molecule has 0 fully saturated rings. The van der Waals surface area contributed by atoms with Gasteiger partial charge in [0.2, 0.25) is 0 Å².